The van der Waals surface area contributed by atoms with Gasteiger partial charge in [-0.2, -0.15) is 15.1 Å². The van der Waals surface area contributed by atoms with E-state index in [1.54, 1.807) is 37.5 Å². The summed E-state index contributed by atoms with van der Waals surface area (Å²) in [5, 5.41) is 2.73. The average Bonchev–Trinajstić information content (AvgIpc) is 3.25. The molecule has 206 valence electrons. The summed E-state index contributed by atoms with van der Waals surface area (Å²) < 4.78 is 38.6. The molecule has 2 atom stereocenters. The molecule has 14 heteroatoms. The lowest BCUT2D eigenvalue weighted by Crippen LogP contribution is -2.36. The first kappa shape index (κ1) is 28.3. The molecule has 3 N–H and O–H groups in total. The zero-order chi connectivity index (χ0) is 27.4. The molecule has 1 fully saturated rings. The number of nitrogens with zero attached hydrogens (tertiary/aromatic N) is 4. The Bertz CT molecular complexity index is 1310. The number of imidazole rings is 1. The van der Waals surface area contributed by atoms with Crippen LogP contribution < -0.4 is 20.1 Å². The van der Waals surface area contributed by atoms with Crippen LogP contribution in [0.4, 0.5) is 5.95 Å². The van der Waals surface area contributed by atoms with E-state index >= 15 is 0 Å². The fourth-order valence-electron chi connectivity index (χ4n) is 3.97. The second-order valence-electron chi connectivity index (χ2n) is 9.62. The van der Waals surface area contributed by atoms with Gasteiger partial charge in [0.05, 0.1) is 26.7 Å². The van der Waals surface area contributed by atoms with Crippen LogP contribution in [0.3, 0.4) is 0 Å². The molecule has 4 rings (SSSR count). The molecule has 1 aliphatic rings. The topological polar surface area (TPSA) is 153 Å². The Morgan fingerprint density at radius 1 is 1.24 bits per heavy atom. The van der Waals surface area contributed by atoms with Crippen molar-refractivity contribution in [2.24, 2.45) is 11.8 Å². The van der Waals surface area contributed by atoms with Crippen LogP contribution in [0.1, 0.15) is 39.7 Å². The van der Waals surface area contributed by atoms with Gasteiger partial charge in [0.15, 0.2) is 11.2 Å². The smallest absolute Gasteiger partial charge is 0.459 e. The fraction of sp³-hybridized carbons (Fsp3) is 0.500. The summed E-state index contributed by atoms with van der Waals surface area (Å²) in [6.07, 6.45) is 3.17. The van der Waals surface area contributed by atoms with Crippen LogP contribution in [0.25, 0.3) is 11.2 Å². The molecule has 0 aliphatic heterocycles. The van der Waals surface area contributed by atoms with Crippen molar-refractivity contribution in [2.45, 2.75) is 45.7 Å². The van der Waals surface area contributed by atoms with Crippen LogP contribution in [0, 0.1) is 11.8 Å². The highest BCUT2D eigenvalue weighted by molar-refractivity contribution is 9.10. The van der Waals surface area contributed by atoms with Crippen LogP contribution in [0.5, 0.6) is 11.6 Å². The first-order valence-electron chi connectivity index (χ1n) is 12.2. The van der Waals surface area contributed by atoms with E-state index in [2.05, 4.69) is 36.0 Å². The molecule has 3 aromatic rings. The number of nitrogens with two attached hydrogens (primary N) is 1. The number of hydrogen-bond donors (Lipinski definition) is 2. The van der Waals surface area contributed by atoms with Crippen molar-refractivity contribution in [1.29, 1.82) is 0 Å². The molecular formula is C24H32BrN6O6P. The Morgan fingerprint density at radius 2 is 1.95 bits per heavy atom. The van der Waals surface area contributed by atoms with Crippen molar-refractivity contribution in [3.8, 4) is 11.6 Å². The predicted molar refractivity (Wildman–Crippen MR) is 145 cm³/mol. The Kier molecular flexibility index (Phi) is 8.92. The number of benzene rings is 1. The highest BCUT2D eigenvalue weighted by Gasteiger charge is 2.37. The maximum Gasteiger partial charge on any atom is 0.459 e. The van der Waals surface area contributed by atoms with Crippen LogP contribution in [-0.2, 0) is 18.6 Å². The van der Waals surface area contributed by atoms with Crippen molar-refractivity contribution < 1.29 is 27.9 Å². The minimum atomic E-state index is -3.92. The zero-order valence-corrected chi connectivity index (χ0v) is 24.1. The van der Waals surface area contributed by atoms with Crippen LogP contribution >= 0.6 is 23.7 Å². The SMILES string of the molecule is COc1nc(N)nc2c1ncn2C1CC(COP(=O)(N[C@@H](C)C(=O)OCC(C)C)Oc2ccc(Br)cc2)C1. The van der Waals surface area contributed by atoms with Crippen LogP contribution in [0.15, 0.2) is 35.1 Å². The lowest BCUT2D eigenvalue weighted by Gasteiger charge is -2.36. The summed E-state index contributed by atoms with van der Waals surface area (Å²) >= 11 is 3.37. The predicted octanol–water partition coefficient (Wildman–Crippen LogP) is 4.51. The summed E-state index contributed by atoms with van der Waals surface area (Å²) in [6, 6.07) is 6.05. The number of aromatic nitrogens is 4. The number of nitrogen functional groups attached to an aromatic ring is 1. The number of carbonyl (C=O) groups is 1. The molecule has 0 saturated heterocycles. The standard InChI is InChI=1S/C24H32BrN6O6P/c1-14(2)11-35-23(32)15(3)30-38(33,37-19-7-5-17(25)6-8-19)36-12-16-9-18(10-16)31-13-27-20-21(31)28-24(26)29-22(20)34-4/h5-8,13-16,18H,9-12H2,1-4H3,(H,30,33)(H2,26,28,29)/t15-,16?,18?,38?/m0/s1. The maximum absolute atomic E-state index is 13.7. The molecular weight excluding hydrogens is 579 g/mol. The molecule has 0 amide bonds. The molecule has 1 aromatic carbocycles. The number of ether oxygens (including phenoxy) is 2. The average molecular weight is 611 g/mol. The van der Waals surface area contributed by atoms with Gasteiger partial charge in [-0.15, -0.1) is 0 Å². The van der Waals surface area contributed by atoms with Gasteiger partial charge < -0.3 is 24.3 Å². The van der Waals surface area contributed by atoms with Gasteiger partial charge in [-0.05, 0) is 55.9 Å². The van der Waals surface area contributed by atoms with Gasteiger partial charge >= 0.3 is 13.7 Å². The Hall–Kier alpha value is -2.73. The third-order valence-electron chi connectivity index (χ3n) is 5.99. The van der Waals surface area contributed by atoms with Gasteiger partial charge in [-0.3, -0.25) is 9.32 Å². The largest absolute Gasteiger partial charge is 0.479 e. The highest BCUT2D eigenvalue weighted by Crippen LogP contribution is 2.48. The van der Waals surface area contributed by atoms with E-state index in [-0.39, 0.29) is 37.0 Å². The van der Waals surface area contributed by atoms with Gasteiger partial charge in [-0.25, -0.2) is 9.55 Å². The Morgan fingerprint density at radius 3 is 2.61 bits per heavy atom. The number of carbonyl (C=O) groups excluding carboxylic acids is 1. The van der Waals surface area contributed by atoms with Gasteiger partial charge in [-0.1, -0.05) is 29.8 Å². The number of methoxy groups -OCH3 is 1. The van der Waals surface area contributed by atoms with Crippen molar-refractivity contribution in [1.82, 2.24) is 24.6 Å². The highest BCUT2D eigenvalue weighted by atomic mass is 79.9. The minimum Gasteiger partial charge on any atom is -0.479 e. The lowest BCUT2D eigenvalue weighted by atomic mass is 9.81. The van der Waals surface area contributed by atoms with E-state index in [4.69, 9.17) is 24.3 Å². The third kappa shape index (κ3) is 6.82. The molecule has 2 heterocycles. The zero-order valence-electron chi connectivity index (χ0n) is 21.7. The van der Waals surface area contributed by atoms with Crippen molar-refractivity contribution in [3.05, 3.63) is 35.1 Å². The number of halogens is 1. The van der Waals surface area contributed by atoms with E-state index in [1.807, 2.05) is 18.4 Å². The molecule has 2 aromatic heterocycles. The van der Waals surface area contributed by atoms with Crippen LogP contribution in [-0.4, -0.2) is 51.9 Å². The number of fused-ring (bicyclic) bond motifs is 1. The molecule has 1 saturated carbocycles. The maximum atomic E-state index is 13.7. The molecule has 1 unspecified atom stereocenters. The second-order valence-corrected chi connectivity index (χ2v) is 12.2. The number of hydrogen-bond acceptors (Lipinski definition) is 10. The Labute approximate surface area is 229 Å². The first-order valence-corrected chi connectivity index (χ1v) is 14.6. The summed E-state index contributed by atoms with van der Waals surface area (Å²) in [6.45, 7) is 5.87. The quantitative estimate of drug-likeness (QED) is 0.220. The number of rotatable bonds is 12. The molecule has 12 nitrogen and oxygen atoms in total. The summed E-state index contributed by atoms with van der Waals surface area (Å²) in [5.41, 5.74) is 6.96. The van der Waals surface area contributed by atoms with Crippen molar-refractivity contribution >= 4 is 46.8 Å². The summed E-state index contributed by atoms with van der Waals surface area (Å²) in [7, 11) is -2.42. The van der Waals surface area contributed by atoms with E-state index in [0.29, 0.717) is 22.8 Å². The van der Waals surface area contributed by atoms with E-state index < -0.39 is 19.8 Å². The summed E-state index contributed by atoms with van der Waals surface area (Å²) in [5.74, 6) is 0.516. The van der Waals surface area contributed by atoms with E-state index in [9.17, 15) is 9.36 Å². The number of esters is 1. The first-order chi connectivity index (χ1) is 18.1. The normalized spacial score (nSPS) is 19.5. The van der Waals surface area contributed by atoms with Gasteiger partial charge in [0.2, 0.25) is 11.8 Å². The minimum absolute atomic E-state index is 0.102. The number of anilines is 1. The van der Waals surface area contributed by atoms with Gasteiger partial charge in [0.25, 0.3) is 0 Å². The molecule has 0 spiro atoms. The van der Waals surface area contributed by atoms with Gasteiger partial charge in [0, 0.05) is 10.5 Å². The van der Waals surface area contributed by atoms with Crippen molar-refractivity contribution in [3.63, 3.8) is 0 Å². The fourth-order valence-corrected chi connectivity index (χ4v) is 5.80. The van der Waals surface area contributed by atoms with E-state index in [1.165, 1.54) is 7.11 Å². The van der Waals surface area contributed by atoms with Crippen molar-refractivity contribution in [2.75, 3.05) is 26.1 Å². The summed E-state index contributed by atoms with van der Waals surface area (Å²) in [4.78, 5) is 25.2. The lowest BCUT2D eigenvalue weighted by molar-refractivity contribution is -0.146. The molecule has 0 radical (unpaired) electrons. The molecule has 38 heavy (non-hydrogen) atoms. The molecule has 0 bridgehead atoms. The third-order valence-corrected chi connectivity index (χ3v) is 8.16. The van der Waals surface area contributed by atoms with Gasteiger partial charge in [0.1, 0.15) is 11.8 Å². The van der Waals surface area contributed by atoms with E-state index in [0.717, 1.165) is 17.3 Å². The van der Waals surface area contributed by atoms with Crippen LogP contribution in [0.2, 0.25) is 0 Å². The second kappa shape index (κ2) is 12.0. The molecule has 1 aliphatic carbocycles. The monoisotopic (exact) mass is 610 g/mol. The number of nitrogens with one attached hydrogen (secondary N) is 1. The Balaban J connectivity index is 1.41.